The summed E-state index contributed by atoms with van der Waals surface area (Å²) < 4.78 is 13.5. The van der Waals surface area contributed by atoms with Gasteiger partial charge in [0.15, 0.2) is 11.6 Å². The van der Waals surface area contributed by atoms with E-state index in [1.807, 2.05) is 6.07 Å². The van der Waals surface area contributed by atoms with Gasteiger partial charge in [-0.2, -0.15) is 0 Å². The molecule has 26 heavy (non-hydrogen) atoms. The molecule has 1 aliphatic carbocycles. The number of hydrogen-bond donors (Lipinski definition) is 2. The van der Waals surface area contributed by atoms with E-state index in [1.54, 1.807) is 12.1 Å². The fraction of sp³-hybridized carbons (Fsp3) is 0.364. The van der Waals surface area contributed by atoms with E-state index in [4.69, 9.17) is 0 Å². The van der Waals surface area contributed by atoms with E-state index in [0.717, 1.165) is 72.5 Å². The molecule has 2 aromatic rings. The van der Waals surface area contributed by atoms with Gasteiger partial charge in [-0.1, -0.05) is 40.5 Å². The molecule has 138 valence electrons. The molecule has 2 N–H and O–H groups in total. The van der Waals surface area contributed by atoms with Crippen molar-refractivity contribution in [2.45, 2.75) is 44.9 Å². The highest BCUT2D eigenvalue weighted by Crippen LogP contribution is 2.42. The minimum absolute atomic E-state index is 0.309. The second-order valence-electron chi connectivity index (χ2n) is 6.79. The van der Waals surface area contributed by atoms with Crippen LogP contribution < -0.4 is 0 Å². The number of hydrogen-bond acceptors (Lipinski definition) is 2. The van der Waals surface area contributed by atoms with Crippen molar-refractivity contribution in [3.05, 3.63) is 58.9 Å². The third-order valence-electron chi connectivity index (χ3n) is 5.02. The topological polar surface area (TPSA) is 40.5 Å². The van der Waals surface area contributed by atoms with Gasteiger partial charge in [-0.05, 0) is 79.0 Å². The number of phenols is 2. The van der Waals surface area contributed by atoms with Gasteiger partial charge in [-0.15, -0.1) is 0 Å². The number of unbranched alkanes of at least 4 members (excludes halogenated alkanes) is 2. The molecule has 0 unspecified atom stereocenters. The standard InChI is InChI=1S/C22H24BrFO2/c23-13-3-1-2-8-18-17(16-11-12-19(24)21(26)14-16)9-4-6-15-7-5-10-20(25)22(15)18/h5,7,10-12,14,25-26H,1-4,6,8-9,13H2. The summed E-state index contributed by atoms with van der Waals surface area (Å²) >= 11 is 3.47. The average molecular weight is 419 g/mol. The zero-order valence-electron chi connectivity index (χ0n) is 14.8. The van der Waals surface area contributed by atoms with Crippen LogP contribution in [0.15, 0.2) is 36.4 Å². The average Bonchev–Trinajstić information content (AvgIpc) is 2.81. The zero-order valence-corrected chi connectivity index (χ0v) is 16.4. The Morgan fingerprint density at radius 2 is 1.81 bits per heavy atom. The first-order chi connectivity index (χ1) is 12.6. The molecule has 0 saturated carbocycles. The van der Waals surface area contributed by atoms with Gasteiger partial charge < -0.3 is 10.2 Å². The maximum Gasteiger partial charge on any atom is 0.164 e. The van der Waals surface area contributed by atoms with Gasteiger partial charge in [0.25, 0.3) is 0 Å². The summed E-state index contributed by atoms with van der Waals surface area (Å²) in [5, 5.41) is 21.4. The van der Waals surface area contributed by atoms with Gasteiger partial charge in [0, 0.05) is 10.9 Å². The SMILES string of the molecule is Oc1cc(C2=C(CCCCCBr)c3c(O)cccc3CCC2)ccc1F. The highest BCUT2D eigenvalue weighted by Gasteiger charge is 2.21. The van der Waals surface area contributed by atoms with Crippen molar-refractivity contribution in [1.29, 1.82) is 0 Å². The Balaban J connectivity index is 2.09. The fourth-order valence-corrected chi connectivity index (χ4v) is 4.17. The summed E-state index contributed by atoms with van der Waals surface area (Å²) in [5.41, 5.74) is 5.19. The van der Waals surface area contributed by atoms with Crippen molar-refractivity contribution in [2.75, 3.05) is 5.33 Å². The molecular formula is C22H24BrFO2. The highest BCUT2D eigenvalue weighted by molar-refractivity contribution is 9.09. The van der Waals surface area contributed by atoms with Crippen molar-refractivity contribution >= 4 is 27.1 Å². The van der Waals surface area contributed by atoms with Crippen molar-refractivity contribution in [1.82, 2.24) is 0 Å². The van der Waals surface area contributed by atoms with Crippen LogP contribution in [-0.2, 0) is 6.42 Å². The van der Waals surface area contributed by atoms with Crippen molar-refractivity contribution in [2.24, 2.45) is 0 Å². The summed E-state index contributed by atoms with van der Waals surface area (Å²) in [6.07, 6.45) is 6.86. The number of fused-ring (bicyclic) bond motifs is 1. The summed E-state index contributed by atoms with van der Waals surface area (Å²) in [5.74, 6) is -0.621. The molecule has 0 saturated heterocycles. The van der Waals surface area contributed by atoms with Gasteiger partial charge in [-0.3, -0.25) is 0 Å². The molecule has 0 aromatic heterocycles. The Morgan fingerprint density at radius 3 is 2.58 bits per heavy atom. The van der Waals surface area contributed by atoms with Crippen molar-refractivity contribution < 1.29 is 14.6 Å². The van der Waals surface area contributed by atoms with E-state index in [2.05, 4.69) is 22.0 Å². The number of aryl methyl sites for hydroxylation is 1. The molecule has 0 heterocycles. The third kappa shape index (κ3) is 4.12. The predicted octanol–water partition coefficient (Wildman–Crippen LogP) is 6.44. The number of aromatic hydroxyl groups is 2. The third-order valence-corrected chi connectivity index (χ3v) is 5.58. The summed E-state index contributed by atoms with van der Waals surface area (Å²) in [4.78, 5) is 0. The Bertz CT molecular complexity index is 814. The molecule has 4 heteroatoms. The highest BCUT2D eigenvalue weighted by atomic mass is 79.9. The van der Waals surface area contributed by atoms with E-state index in [1.165, 1.54) is 17.7 Å². The molecule has 0 atom stereocenters. The fourth-order valence-electron chi connectivity index (χ4n) is 3.77. The summed E-state index contributed by atoms with van der Waals surface area (Å²) in [6, 6.07) is 10.3. The van der Waals surface area contributed by atoms with Crippen LogP contribution in [0, 0.1) is 5.82 Å². The van der Waals surface area contributed by atoms with Gasteiger partial charge >= 0.3 is 0 Å². The van der Waals surface area contributed by atoms with Gasteiger partial charge in [-0.25, -0.2) is 4.39 Å². The maximum atomic E-state index is 13.5. The van der Waals surface area contributed by atoms with E-state index >= 15 is 0 Å². The van der Waals surface area contributed by atoms with Crippen molar-refractivity contribution in [3.8, 4) is 11.5 Å². The van der Waals surface area contributed by atoms with Crippen LogP contribution >= 0.6 is 15.9 Å². The Morgan fingerprint density at radius 1 is 0.962 bits per heavy atom. The van der Waals surface area contributed by atoms with Gasteiger partial charge in [0.05, 0.1) is 0 Å². The van der Waals surface area contributed by atoms with Crippen molar-refractivity contribution in [3.63, 3.8) is 0 Å². The number of benzene rings is 2. The van der Waals surface area contributed by atoms with E-state index < -0.39 is 5.82 Å². The lowest BCUT2D eigenvalue weighted by atomic mass is 9.88. The first-order valence-electron chi connectivity index (χ1n) is 9.20. The second-order valence-corrected chi connectivity index (χ2v) is 7.58. The molecule has 2 nitrogen and oxygen atoms in total. The molecular weight excluding hydrogens is 395 g/mol. The largest absolute Gasteiger partial charge is 0.507 e. The van der Waals surface area contributed by atoms with Crippen LogP contribution in [-0.4, -0.2) is 15.5 Å². The molecule has 0 spiro atoms. The normalized spacial score (nSPS) is 14.2. The minimum Gasteiger partial charge on any atom is -0.507 e. The Hall–Kier alpha value is -1.81. The summed E-state index contributed by atoms with van der Waals surface area (Å²) in [6.45, 7) is 0. The zero-order chi connectivity index (χ0) is 18.5. The van der Waals surface area contributed by atoms with E-state index in [0.29, 0.717) is 5.75 Å². The number of alkyl halides is 1. The minimum atomic E-state index is -0.606. The smallest absolute Gasteiger partial charge is 0.164 e. The number of rotatable bonds is 6. The second kappa shape index (κ2) is 8.72. The molecule has 0 bridgehead atoms. The first kappa shape index (κ1) is 19.0. The quantitative estimate of drug-likeness (QED) is 0.418. The van der Waals surface area contributed by atoms with Crippen LogP contribution in [0.4, 0.5) is 4.39 Å². The number of halogens is 2. The molecule has 3 rings (SSSR count). The van der Waals surface area contributed by atoms with Crippen LogP contribution in [0.1, 0.15) is 55.2 Å². The van der Waals surface area contributed by atoms with Crippen LogP contribution in [0.5, 0.6) is 11.5 Å². The van der Waals surface area contributed by atoms with Crippen LogP contribution in [0.2, 0.25) is 0 Å². The molecule has 0 amide bonds. The predicted molar refractivity (Wildman–Crippen MR) is 108 cm³/mol. The van der Waals surface area contributed by atoms with Gasteiger partial charge in [0.1, 0.15) is 5.75 Å². The van der Waals surface area contributed by atoms with E-state index in [9.17, 15) is 14.6 Å². The molecule has 0 radical (unpaired) electrons. The molecule has 1 aliphatic rings. The molecule has 0 fully saturated rings. The first-order valence-corrected chi connectivity index (χ1v) is 10.3. The lowest BCUT2D eigenvalue weighted by Crippen LogP contribution is -1.96. The maximum absolute atomic E-state index is 13.5. The summed E-state index contributed by atoms with van der Waals surface area (Å²) in [7, 11) is 0. The Labute approximate surface area is 162 Å². The monoisotopic (exact) mass is 418 g/mol. The van der Waals surface area contributed by atoms with Crippen LogP contribution in [0.25, 0.3) is 11.1 Å². The number of phenolic OH excluding ortho intramolecular Hbond substituents is 2. The molecule has 0 aliphatic heterocycles. The lowest BCUT2D eigenvalue weighted by Gasteiger charge is -2.17. The lowest BCUT2D eigenvalue weighted by molar-refractivity contribution is 0.432. The Kier molecular flexibility index (Phi) is 6.36. The number of allylic oxidation sites excluding steroid dienone is 2. The van der Waals surface area contributed by atoms with Gasteiger partial charge in [0.2, 0.25) is 0 Å². The molecule has 2 aromatic carbocycles. The van der Waals surface area contributed by atoms with Crippen LogP contribution in [0.3, 0.4) is 0 Å². The van der Waals surface area contributed by atoms with E-state index in [-0.39, 0.29) is 5.75 Å².